The number of hydrogen-bond donors (Lipinski definition) is 2. The van der Waals surface area contributed by atoms with E-state index in [2.05, 4.69) is 9.47 Å². The van der Waals surface area contributed by atoms with Crippen molar-refractivity contribution in [3.8, 4) is 11.5 Å². The van der Waals surface area contributed by atoms with E-state index in [-0.39, 0.29) is 30.3 Å². The molecule has 0 aliphatic rings. The molecule has 11 heteroatoms. The molecule has 0 aliphatic heterocycles. The number of methoxy groups -OCH3 is 2. The van der Waals surface area contributed by atoms with E-state index >= 15 is 0 Å². The molecule has 0 radical (unpaired) electrons. The van der Waals surface area contributed by atoms with E-state index in [1.807, 2.05) is 13.8 Å². The second kappa shape index (κ2) is 12.5. The zero-order valence-electron chi connectivity index (χ0n) is 18.7. The summed E-state index contributed by atoms with van der Waals surface area (Å²) in [5, 5.41) is 9.46. The van der Waals surface area contributed by atoms with Gasteiger partial charge in [0.2, 0.25) is 0 Å². The minimum Gasteiger partial charge on any atom is -0.480 e. The third-order valence-corrected chi connectivity index (χ3v) is 4.33. The highest BCUT2D eigenvalue weighted by atomic mass is 16.7. The SMILES string of the molecule is COC(=O)Oc1ccc(C(CC(C)OC(=O)CC(C)C)[C@H](N)C(=O)O)cc1OC(=O)OC. The van der Waals surface area contributed by atoms with Crippen LogP contribution in [-0.4, -0.2) is 55.7 Å². The van der Waals surface area contributed by atoms with Crippen molar-refractivity contribution < 1.29 is 48.0 Å². The number of esters is 1. The zero-order chi connectivity index (χ0) is 24.4. The van der Waals surface area contributed by atoms with Gasteiger partial charge in [-0.2, -0.15) is 0 Å². The number of rotatable bonds is 10. The summed E-state index contributed by atoms with van der Waals surface area (Å²) in [6.45, 7) is 5.37. The topological polar surface area (TPSA) is 161 Å². The van der Waals surface area contributed by atoms with Gasteiger partial charge in [0.15, 0.2) is 11.5 Å². The first kappa shape index (κ1) is 26.7. The molecule has 0 amide bonds. The average molecular weight is 455 g/mol. The Kier molecular flexibility index (Phi) is 10.4. The normalized spacial score (nSPS) is 13.5. The van der Waals surface area contributed by atoms with Crippen molar-refractivity contribution in [3.63, 3.8) is 0 Å². The number of benzene rings is 1. The van der Waals surface area contributed by atoms with Crippen molar-refractivity contribution >= 4 is 24.2 Å². The number of carboxylic acids is 1. The molecule has 178 valence electrons. The van der Waals surface area contributed by atoms with Crippen molar-refractivity contribution in [2.45, 2.75) is 51.7 Å². The van der Waals surface area contributed by atoms with Crippen molar-refractivity contribution in [2.24, 2.45) is 11.7 Å². The standard InChI is InChI=1S/C21H29NO10/c1-11(2)8-17(23)30-12(3)9-14(18(22)19(24)25)13-6-7-15(31-20(26)28-4)16(10-13)32-21(27)29-5/h6-7,10-12,14,18H,8-9,22H2,1-5H3,(H,24,25)/t12?,14?,18-/m0/s1. The Morgan fingerprint density at radius 1 is 0.969 bits per heavy atom. The van der Waals surface area contributed by atoms with Crippen LogP contribution in [0.15, 0.2) is 18.2 Å². The third kappa shape index (κ3) is 8.42. The van der Waals surface area contributed by atoms with Crippen LogP contribution < -0.4 is 15.2 Å². The lowest BCUT2D eigenvalue weighted by atomic mass is 9.87. The second-order valence-electron chi connectivity index (χ2n) is 7.42. The molecule has 0 bridgehead atoms. The molecule has 0 saturated carbocycles. The van der Waals surface area contributed by atoms with Gasteiger partial charge in [-0.25, -0.2) is 9.59 Å². The first-order valence-electron chi connectivity index (χ1n) is 9.81. The molecule has 0 fully saturated rings. The summed E-state index contributed by atoms with van der Waals surface area (Å²) in [5.74, 6) is -2.79. The molecule has 1 rings (SSSR count). The number of carboxylic acid groups (broad SMARTS) is 1. The summed E-state index contributed by atoms with van der Waals surface area (Å²) < 4.78 is 24.2. The fourth-order valence-corrected chi connectivity index (χ4v) is 2.86. The highest BCUT2D eigenvalue weighted by Crippen LogP contribution is 2.35. The molecule has 0 heterocycles. The summed E-state index contributed by atoms with van der Waals surface area (Å²) in [6, 6.07) is 2.69. The maximum absolute atomic E-state index is 12.0. The molecule has 0 aromatic heterocycles. The molecule has 3 N–H and O–H groups in total. The Labute approximate surface area is 185 Å². The minimum atomic E-state index is -1.36. The van der Waals surface area contributed by atoms with Crippen LogP contribution in [0.2, 0.25) is 0 Å². The number of carbonyl (C=O) groups is 4. The molecule has 1 aromatic rings. The van der Waals surface area contributed by atoms with Gasteiger partial charge in [-0.05, 0) is 37.0 Å². The molecular formula is C21H29NO10. The van der Waals surface area contributed by atoms with Gasteiger partial charge in [0, 0.05) is 12.3 Å². The first-order chi connectivity index (χ1) is 15.0. The lowest BCUT2D eigenvalue weighted by Gasteiger charge is -2.25. The molecule has 0 spiro atoms. The molecule has 1 aromatic carbocycles. The Balaban J connectivity index is 3.26. The highest BCUT2D eigenvalue weighted by molar-refractivity contribution is 5.75. The van der Waals surface area contributed by atoms with Gasteiger partial charge in [0.25, 0.3) is 0 Å². The smallest absolute Gasteiger partial charge is 0.480 e. The largest absolute Gasteiger partial charge is 0.513 e. The molecule has 0 aliphatic carbocycles. The number of carbonyl (C=O) groups excluding carboxylic acids is 3. The number of hydrogen-bond acceptors (Lipinski definition) is 10. The van der Waals surface area contributed by atoms with E-state index in [1.54, 1.807) is 6.92 Å². The van der Waals surface area contributed by atoms with Crippen LogP contribution in [0.5, 0.6) is 11.5 Å². The van der Waals surface area contributed by atoms with Crippen LogP contribution in [0.25, 0.3) is 0 Å². The van der Waals surface area contributed by atoms with Gasteiger partial charge in [0.05, 0.1) is 20.3 Å². The molecule has 11 nitrogen and oxygen atoms in total. The van der Waals surface area contributed by atoms with Crippen molar-refractivity contribution in [2.75, 3.05) is 14.2 Å². The molecule has 32 heavy (non-hydrogen) atoms. The fourth-order valence-electron chi connectivity index (χ4n) is 2.86. The van der Waals surface area contributed by atoms with Gasteiger partial charge in [0.1, 0.15) is 6.04 Å². The number of nitrogens with two attached hydrogens (primary N) is 1. The van der Waals surface area contributed by atoms with Crippen molar-refractivity contribution in [1.82, 2.24) is 0 Å². The van der Waals surface area contributed by atoms with Crippen molar-refractivity contribution in [3.05, 3.63) is 23.8 Å². The second-order valence-corrected chi connectivity index (χ2v) is 7.42. The maximum atomic E-state index is 12.0. The number of aliphatic carboxylic acids is 1. The van der Waals surface area contributed by atoms with E-state index in [4.69, 9.17) is 19.9 Å². The summed E-state index contributed by atoms with van der Waals surface area (Å²) in [7, 11) is 2.19. The van der Waals surface area contributed by atoms with Crippen LogP contribution in [0.3, 0.4) is 0 Å². The van der Waals surface area contributed by atoms with Crippen LogP contribution in [0, 0.1) is 5.92 Å². The maximum Gasteiger partial charge on any atom is 0.513 e. The Hall–Kier alpha value is -3.34. The highest BCUT2D eigenvalue weighted by Gasteiger charge is 2.30. The molecule has 2 unspecified atom stereocenters. The average Bonchev–Trinajstić information content (AvgIpc) is 2.71. The van der Waals surface area contributed by atoms with Crippen LogP contribution in [0.4, 0.5) is 9.59 Å². The Morgan fingerprint density at radius 2 is 1.53 bits per heavy atom. The van der Waals surface area contributed by atoms with E-state index < -0.39 is 42.3 Å². The third-order valence-electron chi connectivity index (χ3n) is 4.33. The van der Waals surface area contributed by atoms with Gasteiger partial charge >= 0.3 is 24.2 Å². The predicted molar refractivity (Wildman–Crippen MR) is 110 cm³/mol. The molecule has 0 saturated heterocycles. The summed E-state index contributed by atoms with van der Waals surface area (Å²) in [6.07, 6.45) is -2.50. The summed E-state index contributed by atoms with van der Waals surface area (Å²) >= 11 is 0. The Morgan fingerprint density at radius 3 is 2.03 bits per heavy atom. The van der Waals surface area contributed by atoms with Crippen LogP contribution in [-0.2, 0) is 23.8 Å². The molecule has 3 atom stereocenters. The van der Waals surface area contributed by atoms with Crippen LogP contribution >= 0.6 is 0 Å². The minimum absolute atomic E-state index is 0.0756. The quantitative estimate of drug-likeness (QED) is 0.303. The fraction of sp³-hybridized carbons (Fsp3) is 0.524. The first-order valence-corrected chi connectivity index (χ1v) is 9.81. The van der Waals surface area contributed by atoms with Gasteiger partial charge < -0.3 is 34.5 Å². The summed E-state index contributed by atoms with van der Waals surface area (Å²) in [5.41, 5.74) is 6.24. The lowest BCUT2D eigenvalue weighted by Crippen LogP contribution is -2.38. The number of ether oxygens (including phenoxy) is 5. The molecular weight excluding hydrogens is 426 g/mol. The zero-order valence-corrected chi connectivity index (χ0v) is 18.7. The lowest BCUT2D eigenvalue weighted by molar-refractivity contribution is -0.149. The van der Waals surface area contributed by atoms with E-state index in [0.29, 0.717) is 5.56 Å². The summed E-state index contributed by atoms with van der Waals surface area (Å²) in [4.78, 5) is 46.6. The van der Waals surface area contributed by atoms with E-state index in [0.717, 1.165) is 14.2 Å². The van der Waals surface area contributed by atoms with E-state index in [1.165, 1.54) is 18.2 Å². The van der Waals surface area contributed by atoms with Crippen LogP contribution in [0.1, 0.15) is 45.1 Å². The van der Waals surface area contributed by atoms with Crippen molar-refractivity contribution in [1.29, 1.82) is 0 Å². The Bertz CT molecular complexity index is 823. The van der Waals surface area contributed by atoms with Gasteiger partial charge in [-0.15, -0.1) is 0 Å². The monoisotopic (exact) mass is 455 g/mol. The predicted octanol–water partition coefficient (Wildman–Crippen LogP) is 2.84. The van der Waals surface area contributed by atoms with Gasteiger partial charge in [-0.3, -0.25) is 9.59 Å². The van der Waals surface area contributed by atoms with Gasteiger partial charge in [-0.1, -0.05) is 19.9 Å². The van der Waals surface area contributed by atoms with E-state index in [9.17, 15) is 24.3 Å².